The second-order valence-corrected chi connectivity index (χ2v) is 5.74. The summed E-state index contributed by atoms with van der Waals surface area (Å²) in [6.07, 6.45) is 0. The molecule has 0 fully saturated rings. The van der Waals surface area contributed by atoms with Crippen molar-refractivity contribution in [3.05, 3.63) is 28.3 Å². The van der Waals surface area contributed by atoms with Crippen molar-refractivity contribution >= 4 is 21.2 Å². The summed E-state index contributed by atoms with van der Waals surface area (Å²) in [5.41, 5.74) is -0.269. The first-order chi connectivity index (χ1) is 8.92. The smallest absolute Gasteiger partial charge is 0.293 e. The van der Waals surface area contributed by atoms with Gasteiger partial charge in [-0.3, -0.25) is 10.1 Å². The lowest BCUT2D eigenvalue weighted by Crippen LogP contribution is -2.12. The quantitative estimate of drug-likeness (QED) is 0.467. The topological polar surface area (TPSA) is 130 Å². The van der Waals surface area contributed by atoms with E-state index in [0.717, 1.165) is 6.07 Å². The monoisotopic (exact) mass is 290 g/mol. The molecule has 8 nitrogen and oxygen atoms in total. The molecular formula is C10H14N2O6S. The van der Waals surface area contributed by atoms with E-state index >= 15 is 0 Å². The van der Waals surface area contributed by atoms with Crippen molar-refractivity contribution < 1.29 is 23.6 Å². The van der Waals surface area contributed by atoms with Crippen LogP contribution in [-0.2, 0) is 9.84 Å². The van der Waals surface area contributed by atoms with Crippen LogP contribution in [0.5, 0.6) is 0 Å². The highest BCUT2D eigenvalue weighted by Crippen LogP contribution is 2.27. The van der Waals surface area contributed by atoms with E-state index in [4.69, 9.17) is 10.2 Å². The van der Waals surface area contributed by atoms with Crippen LogP contribution in [0.2, 0.25) is 0 Å². The third-order valence-electron chi connectivity index (χ3n) is 2.31. The number of nitro groups is 1. The SMILES string of the molecule is O=[N+]([O-])c1cc(S(=O)(=O)CCO)ccc1NCCO. The molecule has 0 atom stereocenters. The van der Waals surface area contributed by atoms with Crippen LogP contribution in [0, 0.1) is 10.1 Å². The second-order valence-electron chi connectivity index (χ2n) is 3.63. The maximum absolute atomic E-state index is 11.7. The first-order valence-electron chi connectivity index (χ1n) is 5.39. The molecule has 1 aromatic carbocycles. The van der Waals surface area contributed by atoms with E-state index in [1.807, 2.05) is 0 Å². The van der Waals surface area contributed by atoms with Gasteiger partial charge in [0, 0.05) is 12.6 Å². The second kappa shape index (κ2) is 6.45. The predicted octanol–water partition coefficient (Wildman–Crippen LogP) is -0.235. The van der Waals surface area contributed by atoms with E-state index in [-0.39, 0.29) is 23.7 Å². The molecule has 0 heterocycles. The lowest BCUT2D eigenvalue weighted by molar-refractivity contribution is -0.384. The Hall–Kier alpha value is -1.71. The highest BCUT2D eigenvalue weighted by molar-refractivity contribution is 7.91. The van der Waals surface area contributed by atoms with Gasteiger partial charge in [-0.05, 0) is 12.1 Å². The van der Waals surface area contributed by atoms with Crippen molar-refractivity contribution in [2.75, 3.05) is 30.8 Å². The van der Waals surface area contributed by atoms with Crippen LogP contribution < -0.4 is 5.32 Å². The fraction of sp³-hybridized carbons (Fsp3) is 0.400. The minimum absolute atomic E-state index is 0.115. The van der Waals surface area contributed by atoms with Crippen LogP contribution in [0.4, 0.5) is 11.4 Å². The fourth-order valence-corrected chi connectivity index (χ4v) is 2.48. The summed E-state index contributed by atoms with van der Waals surface area (Å²) in [6.45, 7) is -0.647. The Bertz CT molecular complexity index is 557. The minimum atomic E-state index is -3.74. The average Bonchev–Trinajstić information content (AvgIpc) is 2.35. The zero-order chi connectivity index (χ0) is 14.5. The minimum Gasteiger partial charge on any atom is -0.395 e. The Kier molecular flexibility index (Phi) is 5.21. The van der Waals surface area contributed by atoms with Crippen LogP contribution in [0.3, 0.4) is 0 Å². The molecular weight excluding hydrogens is 276 g/mol. The summed E-state index contributed by atoms with van der Waals surface area (Å²) in [7, 11) is -3.74. The molecule has 106 valence electrons. The molecule has 0 aliphatic carbocycles. The summed E-state index contributed by atoms with van der Waals surface area (Å²) in [6, 6.07) is 3.42. The van der Waals surface area contributed by atoms with Crippen molar-refractivity contribution in [1.82, 2.24) is 0 Å². The van der Waals surface area contributed by atoms with Gasteiger partial charge in [0.2, 0.25) is 0 Å². The molecule has 0 aliphatic rings. The van der Waals surface area contributed by atoms with Crippen molar-refractivity contribution in [3.63, 3.8) is 0 Å². The van der Waals surface area contributed by atoms with Crippen LogP contribution in [0.25, 0.3) is 0 Å². The number of nitro benzene ring substituents is 1. The molecule has 0 aliphatic heterocycles. The van der Waals surface area contributed by atoms with Crippen molar-refractivity contribution in [1.29, 1.82) is 0 Å². The Morgan fingerprint density at radius 1 is 1.26 bits per heavy atom. The maximum Gasteiger partial charge on any atom is 0.293 e. The van der Waals surface area contributed by atoms with Crippen LogP contribution in [-0.4, -0.2) is 49.1 Å². The van der Waals surface area contributed by atoms with Gasteiger partial charge < -0.3 is 15.5 Å². The highest BCUT2D eigenvalue weighted by atomic mass is 32.2. The first-order valence-corrected chi connectivity index (χ1v) is 7.04. The van der Waals surface area contributed by atoms with E-state index in [1.165, 1.54) is 12.1 Å². The molecule has 0 aromatic heterocycles. The number of anilines is 1. The van der Waals surface area contributed by atoms with Crippen LogP contribution in [0.1, 0.15) is 0 Å². The van der Waals surface area contributed by atoms with Crippen LogP contribution >= 0.6 is 0 Å². The van der Waals surface area contributed by atoms with Gasteiger partial charge in [-0.2, -0.15) is 0 Å². The third-order valence-corrected chi connectivity index (χ3v) is 4.00. The molecule has 0 bridgehead atoms. The summed E-state index contributed by atoms with van der Waals surface area (Å²) < 4.78 is 23.4. The number of hydrogen-bond donors (Lipinski definition) is 3. The van der Waals surface area contributed by atoms with Crippen molar-refractivity contribution in [2.45, 2.75) is 4.90 Å². The van der Waals surface area contributed by atoms with E-state index in [0.29, 0.717) is 0 Å². The number of nitrogens with one attached hydrogen (secondary N) is 1. The predicted molar refractivity (Wildman–Crippen MR) is 67.8 cm³/mol. The molecule has 1 rings (SSSR count). The normalized spacial score (nSPS) is 11.3. The van der Waals surface area contributed by atoms with Gasteiger partial charge in [-0.15, -0.1) is 0 Å². The largest absolute Gasteiger partial charge is 0.395 e. The summed E-state index contributed by atoms with van der Waals surface area (Å²) >= 11 is 0. The van der Waals surface area contributed by atoms with E-state index in [1.54, 1.807) is 0 Å². The molecule has 0 saturated heterocycles. The lowest BCUT2D eigenvalue weighted by atomic mass is 10.2. The maximum atomic E-state index is 11.7. The van der Waals surface area contributed by atoms with Gasteiger partial charge >= 0.3 is 0 Å². The van der Waals surface area contributed by atoms with Crippen LogP contribution in [0.15, 0.2) is 23.1 Å². The number of hydrogen-bond acceptors (Lipinski definition) is 7. The standard InChI is InChI=1S/C10H14N2O6S/c13-4-3-11-9-2-1-8(7-10(9)12(15)16)19(17,18)6-5-14/h1-2,7,11,13-14H,3-6H2. The number of rotatable bonds is 7. The van der Waals surface area contributed by atoms with Gasteiger partial charge in [0.15, 0.2) is 9.84 Å². The molecule has 0 amide bonds. The fourth-order valence-electron chi connectivity index (χ4n) is 1.43. The van der Waals surface area contributed by atoms with Crippen molar-refractivity contribution in [2.24, 2.45) is 0 Å². The Morgan fingerprint density at radius 3 is 2.47 bits per heavy atom. The van der Waals surface area contributed by atoms with Gasteiger partial charge in [0.25, 0.3) is 5.69 Å². The third kappa shape index (κ3) is 3.88. The Balaban J connectivity index is 3.20. The van der Waals surface area contributed by atoms with E-state index in [2.05, 4.69) is 5.32 Å². The number of benzene rings is 1. The molecule has 0 saturated carbocycles. The van der Waals surface area contributed by atoms with Gasteiger partial charge in [-0.25, -0.2) is 8.42 Å². The number of nitrogens with zero attached hydrogens (tertiary/aromatic N) is 1. The molecule has 0 radical (unpaired) electrons. The zero-order valence-electron chi connectivity index (χ0n) is 9.94. The summed E-state index contributed by atoms with van der Waals surface area (Å²) in [4.78, 5) is 9.95. The summed E-state index contributed by atoms with van der Waals surface area (Å²) in [5, 5.41) is 30.8. The molecule has 0 spiro atoms. The highest BCUT2D eigenvalue weighted by Gasteiger charge is 2.20. The van der Waals surface area contributed by atoms with Gasteiger partial charge in [0.05, 0.1) is 28.8 Å². The molecule has 19 heavy (non-hydrogen) atoms. The molecule has 0 unspecified atom stereocenters. The summed E-state index contributed by atoms with van der Waals surface area (Å²) in [5.74, 6) is -0.492. The molecule has 1 aromatic rings. The number of sulfone groups is 1. The number of aliphatic hydroxyl groups excluding tert-OH is 2. The van der Waals surface area contributed by atoms with Gasteiger partial charge in [-0.1, -0.05) is 0 Å². The molecule has 9 heteroatoms. The first kappa shape index (κ1) is 15.3. The zero-order valence-corrected chi connectivity index (χ0v) is 10.8. The average molecular weight is 290 g/mol. The van der Waals surface area contributed by atoms with E-state index in [9.17, 15) is 18.5 Å². The van der Waals surface area contributed by atoms with Crippen molar-refractivity contribution in [3.8, 4) is 0 Å². The molecule has 3 N–H and O–H groups in total. The lowest BCUT2D eigenvalue weighted by Gasteiger charge is -2.07. The Labute approximate surface area is 109 Å². The van der Waals surface area contributed by atoms with E-state index < -0.39 is 32.8 Å². The van der Waals surface area contributed by atoms with Gasteiger partial charge in [0.1, 0.15) is 5.69 Å². The number of aliphatic hydroxyl groups is 2. The Morgan fingerprint density at radius 2 is 1.95 bits per heavy atom.